The minimum Gasteiger partial charge on any atom is -0.393 e. The van der Waals surface area contributed by atoms with E-state index in [2.05, 4.69) is 22.3 Å². The lowest BCUT2D eigenvalue weighted by atomic mass is 9.66. The fraction of sp³-hybridized carbons (Fsp3) is 0.524. The molecule has 0 spiro atoms. The number of aromatic nitrogens is 2. The predicted octanol–water partition coefficient (Wildman–Crippen LogP) is 5.26. The Morgan fingerprint density at radius 2 is 1.86 bits per heavy atom. The van der Waals surface area contributed by atoms with Crippen LogP contribution in [-0.2, 0) is 4.74 Å². The average molecular weight is 421 g/mol. The SMILES string of the molecule is OCC12CCC(C=Cc3c(-c4c(Cl)cncc4Cl)noc3C3CC3)(CC1)CO2. The minimum absolute atomic E-state index is 0.00187. The maximum absolute atomic E-state index is 9.66. The Balaban J connectivity index is 1.52. The highest BCUT2D eigenvalue weighted by molar-refractivity contribution is 6.39. The van der Waals surface area contributed by atoms with Crippen LogP contribution in [0.3, 0.4) is 0 Å². The van der Waals surface area contributed by atoms with Crippen LogP contribution < -0.4 is 0 Å². The van der Waals surface area contributed by atoms with E-state index in [9.17, 15) is 5.11 Å². The van der Waals surface area contributed by atoms with Crippen LogP contribution in [-0.4, -0.2) is 34.1 Å². The molecule has 2 saturated heterocycles. The third kappa shape index (κ3) is 3.09. The van der Waals surface area contributed by atoms with Gasteiger partial charge in [0.05, 0.1) is 28.9 Å². The van der Waals surface area contributed by atoms with Gasteiger partial charge in [0.2, 0.25) is 0 Å². The standard InChI is InChI=1S/C21H22Cl2N2O3/c22-15-9-24-10-16(23)17(15)18-14(19(28-25-18)13-1-2-13)3-4-20-5-7-21(11-26,8-6-20)27-12-20/h3-4,9-10,13,26H,1-2,5-8,11-12H2. The van der Waals surface area contributed by atoms with Crippen molar-refractivity contribution in [3.63, 3.8) is 0 Å². The largest absolute Gasteiger partial charge is 0.393 e. The van der Waals surface area contributed by atoms with Crippen LogP contribution in [0.4, 0.5) is 0 Å². The lowest BCUT2D eigenvalue weighted by molar-refractivity contribution is -0.185. The molecule has 6 rings (SSSR count). The lowest BCUT2D eigenvalue weighted by Gasteiger charge is -2.51. The van der Waals surface area contributed by atoms with Crippen LogP contribution in [0.2, 0.25) is 10.0 Å². The molecular formula is C21H22Cl2N2O3. The van der Waals surface area contributed by atoms with Gasteiger partial charge in [-0.1, -0.05) is 40.5 Å². The average Bonchev–Trinajstić information content (AvgIpc) is 3.48. The maximum atomic E-state index is 9.66. The van der Waals surface area contributed by atoms with Crippen molar-refractivity contribution in [2.24, 2.45) is 5.41 Å². The van der Waals surface area contributed by atoms with Crippen molar-refractivity contribution in [1.82, 2.24) is 10.1 Å². The molecule has 4 fully saturated rings. The number of pyridine rings is 1. The van der Waals surface area contributed by atoms with Crippen LogP contribution in [0, 0.1) is 5.41 Å². The lowest BCUT2D eigenvalue weighted by Crippen LogP contribution is -2.52. The molecule has 0 radical (unpaired) electrons. The molecule has 2 aliphatic carbocycles. The van der Waals surface area contributed by atoms with Crippen LogP contribution >= 0.6 is 23.2 Å². The van der Waals surface area contributed by atoms with Gasteiger partial charge in [-0.25, -0.2) is 0 Å². The first-order valence-electron chi connectivity index (χ1n) is 9.78. The van der Waals surface area contributed by atoms with Crippen molar-refractivity contribution in [2.75, 3.05) is 13.2 Å². The normalized spacial score (nSPS) is 29.7. The van der Waals surface area contributed by atoms with Crippen molar-refractivity contribution in [1.29, 1.82) is 0 Å². The molecule has 5 nitrogen and oxygen atoms in total. The fourth-order valence-electron chi connectivity index (χ4n) is 4.40. The molecule has 0 atom stereocenters. The van der Waals surface area contributed by atoms with E-state index in [4.69, 9.17) is 32.5 Å². The van der Waals surface area contributed by atoms with Gasteiger partial charge in [0, 0.05) is 34.9 Å². The molecule has 2 aromatic rings. The quantitative estimate of drug-likeness (QED) is 0.714. The molecule has 2 aromatic heterocycles. The highest BCUT2D eigenvalue weighted by Crippen LogP contribution is 2.51. The fourth-order valence-corrected chi connectivity index (χ4v) is 4.94. The summed E-state index contributed by atoms with van der Waals surface area (Å²) in [6.07, 6.45) is 13.5. The summed E-state index contributed by atoms with van der Waals surface area (Å²) in [7, 11) is 0. The maximum Gasteiger partial charge on any atom is 0.147 e. The molecule has 148 valence electrons. The van der Waals surface area contributed by atoms with Gasteiger partial charge in [-0.2, -0.15) is 0 Å². The van der Waals surface area contributed by atoms with Gasteiger partial charge in [0.15, 0.2) is 0 Å². The van der Waals surface area contributed by atoms with E-state index in [1.807, 2.05) is 0 Å². The Morgan fingerprint density at radius 3 is 2.43 bits per heavy atom. The summed E-state index contributed by atoms with van der Waals surface area (Å²) in [6.45, 7) is 0.744. The van der Waals surface area contributed by atoms with E-state index in [0.717, 1.165) is 49.8 Å². The third-order valence-corrected chi connectivity index (χ3v) is 7.08. The molecule has 0 amide bonds. The minimum atomic E-state index is -0.324. The van der Waals surface area contributed by atoms with Gasteiger partial charge >= 0.3 is 0 Å². The molecule has 7 heteroatoms. The van der Waals surface area contributed by atoms with E-state index in [1.54, 1.807) is 12.4 Å². The van der Waals surface area contributed by atoms with Crippen LogP contribution in [0.5, 0.6) is 0 Å². The molecule has 1 N–H and O–H groups in total. The second-order valence-corrected chi connectivity index (χ2v) is 9.20. The topological polar surface area (TPSA) is 68.4 Å². The number of halogens is 2. The highest BCUT2D eigenvalue weighted by Gasteiger charge is 2.48. The zero-order chi connectivity index (χ0) is 19.4. The Bertz CT molecular complexity index is 891. The van der Waals surface area contributed by atoms with Crippen molar-refractivity contribution in [3.05, 3.63) is 39.8 Å². The number of fused-ring (bicyclic) bond motifs is 3. The zero-order valence-corrected chi connectivity index (χ0v) is 17.0. The molecule has 0 unspecified atom stereocenters. The molecule has 28 heavy (non-hydrogen) atoms. The van der Waals surface area contributed by atoms with Crippen molar-refractivity contribution < 1.29 is 14.4 Å². The molecular weight excluding hydrogens is 399 g/mol. The molecule has 2 aliphatic heterocycles. The number of aliphatic hydroxyl groups is 1. The number of aliphatic hydroxyl groups excluding tert-OH is 1. The summed E-state index contributed by atoms with van der Waals surface area (Å²) < 4.78 is 11.8. The Kier molecular flexibility index (Phi) is 4.55. The molecule has 4 aliphatic rings. The second-order valence-electron chi connectivity index (χ2n) is 8.39. The molecule has 4 heterocycles. The van der Waals surface area contributed by atoms with Crippen molar-refractivity contribution in [2.45, 2.75) is 50.0 Å². The van der Waals surface area contributed by atoms with Crippen LogP contribution in [0.15, 0.2) is 23.0 Å². The number of nitrogens with zero attached hydrogens (tertiary/aromatic N) is 2. The number of hydrogen-bond acceptors (Lipinski definition) is 5. The van der Waals surface area contributed by atoms with E-state index in [0.29, 0.717) is 33.8 Å². The van der Waals surface area contributed by atoms with Gasteiger partial charge < -0.3 is 14.4 Å². The highest BCUT2D eigenvalue weighted by atomic mass is 35.5. The van der Waals surface area contributed by atoms with Gasteiger partial charge in [-0.3, -0.25) is 4.98 Å². The smallest absolute Gasteiger partial charge is 0.147 e. The summed E-state index contributed by atoms with van der Waals surface area (Å²) in [5, 5.41) is 14.9. The Hall–Kier alpha value is -1.40. The summed E-state index contributed by atoms with van der Waals surface area (Å²) in [5.74, 6) is 1.32. The molecule has 2 bridgehead atoms. The first-order chi connectivity index (χ1) is 13.5. The summed E-state index contributed by atoms with van der Waals surface area (Å²) in [5.41, 5.74) is 1.96. The van der Waals surface area contributed by atoms with Gasteiger partial charge in [-0.05, 0) is 38.5 Å². The Morgan fingerprint density at radius 1 is 1.14 bits per heavy atom. The summed E-state index contributed by atoms with van der Waals surface area (Å²) in [6, 6.07) is 0. The zero-order valence-electron chi connectivity index (χ0n) is 15.5. The van der Waals surface area contributed by atoms with E-state index < -0.39 is 0 Å². The van der Waals surface area contributed by atoms with E-state index in [-0.39, 0.29) is 17.6 Å². The van der Waals surface area contributed by atoms with Gasteiger partial charge in [0.25, 0.3) is 0 Å². The number of rotatable bonds is 5. The van der Waals surface area contributed by atoms with Crippen molar-refractivity contribution >= 4 is 29.3 Å². The third-order valence-electron chi connectivity index (χ3n) is 6.51. The van der Waals surface area contributed by atoms with Crippen LogP contribution in [0.1, 0.15) is 55.8 Å². The first kappa shape index (κ1) is 18.6. The second kappa shape index (κ2) is 6.84. The van der Waals surface area contributed by atoms with E-state index >= 15 is 0 Å². The molecule has 0 aromatic carbocycles. The first-order valence-corrected chi connectivity index (χ1v) is 10.5. The Labute approximate surface area is 173 Å². The predicted molar refractivity (Wildman–Crippen MR) is 107 cm³/mol. The summed E-state index contributed by atoms with van der Waals surface area (Å²) >= 11 is 12.8. The summed E-state index contributed by atoms with van der Waals surface area (Å²) in [4.78, 5) is 4.04. The number of ether oxygens (including phenoxy) is 1. The van der Waals surface area contributed by atoms with Gasteiger partial charge in [0.1, 0.15) is 11.5 Å². The number of hydrogen-bond donors (Lipinski definition) is 1. The molecule has 2 saturated carbocycles. The monoisotopic (exact) mass is 420 g/mol. The van der Waals surface area contributed by atoms with E-state index in [1.165, 1.54) is 0 Å². The van der Waals surface area contributed by atoms with Crippen molar-refractivity contribution in [3.8, 4) is 11.3 Å². The van der Waals surface area contributed by atoms with Gasteiger partial charge in [-0.15, -0.1) is 0 Å². The van der Waals surface area contributed by atoms with Crippen LogP contribution in [0.25, 0.3) is 17.3 Å².